The maximum Gasteiger partial charge on any atom is 0.172 e. The number of hydrogen-bond acceptors (Lipinski definition) is 0. The molecule has 0 fully saturated rings. The van der Waals surface area contributed by atoms with Crippen molar-refractivity contribution in [3.63, 3.8) is 0 Å². The molecule has 0 aromatic carbocycles. The molecule has 0 aliphatic carbocycles. The zero-order valence-electron chi connectivity index (χ0n) is 3.20. The van der Waals surface area contributed by atoms with Crippen LogP contribution in [0, 0.1) is 12.0 Å². The number of hydrogen-bond donors (Lipinski definition) is 0. The second-order valence-corrected chi connectivity index (χ2v) is 1.10. The second-order valence-electron chi connectivity index (χ2n) is 0.718. The Bertz CT molecular complexity index is 69.4. The molecule has 0 unspecified atom stereocenters. The Morgan fingerprint density at radius 1 is 1.67 bits per heavy atom. The van der Waals surface area contributed by atoms with E-state index < -0.39 is 0 Å². The third kappa shape index (κ3) is 3.65. The summed E-state index contributed by atoms with van der Waals surface area (Å²) in [6, 6.07) is 0. The molecule has 2 heteroatoms. The van der Waals surface area contributed by atoms with E-state index in [0.29, 0.717) is 12.3 Å². The predicted octanol–water partition coefficient (Wildman–Crippen LogP) is 1.01. The van der Waals surface area contributed by atoms with Gasteiger partial charge in [0.15, 0.2) is 6.11 Å². The lowest BCUT2D eigenvalue weighted by molar-refractivity contribution is 0.391. The van der Waals surface area contributed by atoms with Gasteiger partial charge in [-0.15, -0.1) is 11.6 Å². The maximum absolute atomic E-state index is 9.27. The summed E-state index contributed by atoms with van der Waals surface area (Å²) >= 11 is 5.14. The van der Waals surface area contributed by atoms with E-state index in [2.05, 4.69) is 5.92 Å². The molecule has 0 aromatic rings. The monoisotopic (exact) mass is 103 g/mol. The Labute approximate surface area is 41.9 Å². The van der Waals surface area contributed by atoms with Crippen molar-refractivity contribution in [3.05, 3.63) is 0 Å². The van der Waals surface area contributed by atoms with Crippen LogP contribution in [0.3, 0.4) is 0 Å². The molecule has 0 N–H and O–H groups in total. The van der Waals surface area contributed by atoms with Crippen molar-refractivity contribution in [2.45, 2.75) is 6.42 Å². The number of halogens is 1. The summed E-state index contributed by atoms with van der Waals surface area (Å²) in [5, 5.41) is 9.27. The SMILES string of the molecule is [O]C#CCCCl. The molecular weight excluding hydrogens is 99.5 g/mol. The number of alkyl halides is 1. The predicted molar refractivity (Wildman–Crippen MR) is 23.8 cm³/mol. The molecule has 1 nitrogen and oxygen atoms in total. The second kappa shape index (κ2) is 4.65. The van der Waals surface area contributed by atoms with E-state index in [0.717, 1.165) is 0 Å². The smallest absolute Gasteiger partial charge is 0.172 e. The van der Waals surface area contributed by atoms with Crippen molar-refractivity contribution >= 4 is 11.6 Å². The van der Waals surface area contributed by atoms with Crippen LogP contribution in [0.4, 0.5) is 0 Å². The summed E-state index contributed by atoms with van der Waals surface area (Å²) < 4.78 is 0. The van der Waals surface area contributed by atoms with E-state index in [-0.39, 0.29) is 0 Å². The quantitative estimate of drug-likeness (QED) is 0.349. The molecule has 0 rings (SSSR count). The summed E-state index contributed by atoms with van der Waals surface area (Å²) in [6.45, 7) is 0. The van der Waals surface area contributed by atoms with Gasteiger partial charge in [0.2, 0.25) is 0 Å². The van der Waals surface area contributed by atoms with Crippen LogP contribution in [0.25, 0.3) is 0 Å². The van der Waals surface area contributed by atoms with Crippen molar-refractivity contribution in [1.82, 2.24) is 0 Å². The van der Waals surface area contributed by atoms with Gasteiger partial charge in [-0.05, 0) is 0 Å². The lowest BCUT2D eigenvalue weighted by Gasteiger charge is -1.67. The van der Waals surface area contributed by atoms with Gasteiger partial charge >= 0.3 is 0 Å². The molecular formula is C4H4ClO. The normalized spacial score (nSPS) is 6.17. The molecule has 6 heavy (non-hydrogen) atoms. The Hall–Kier alpha value is -0.350. The average Bonchev–Trinajstić information content (AvgIpc) is 1.61. The summed E-state index contributed by atoms with van der Waals surface area (Å²) in [5.41, 5.74) is 0. The zero-order chi connectivity index (χ0) is 4.83. The highest BCUT2D eigenvalue weighted by Gasteiger charge is 1.67. The van der Waals surface area contributed by atoms with Gasteiger partial charge in [0.1, 0.15) is 0 Å². The van der Waals surface area contributed by atoms with Crippen LogP contribution in [0.1, 0.15) is 6.42 Å². The van der Waals surface area contributed by atoms with Crippen molar-refractivity contribution in [3.8, 4) is 12.0 Å². The standard InChI is InChI=1S/C4H4ClO/c5-3-1-2-4-6/h1,3H2. The van der Waals surface area contributed by atoms with Gasteiger partial charge in [0, 0.05) is 12.3 Å². The van der Waals surface area contributed by atoms with Crippen LogP contribution in [0.5, 0.6) is 0 Å². The van der Waals surface area contributed by atoms with Crippen molar-refractivity contribution in [2.24, 2.45) is 0 Å². The summed E-state index contributed by atoms with van der Waals surface area (Å²) in [7, 11) is 0. The molecule has 0 heterocycles. The van der Waals surface area contributed by atoms with Crippen LogP contribution in [-0.2, 0) is 5.11 Å². The van der Waals surface area contributed by atoms with Crippen LogP contribution < -0.4 is 0 Å². The molecule has 0 saturated carbocycles. The minimum absolute atomic E-state index is 0.454. The molecule has 0 spiro atoms. The van der Waals surface area contributed by atoms with Gasteiger partial charge in [0.25, 0.3) is 0 Å². The molecule has 0 bridgehead atoms. The van der Waals surface area contributed by atoms with Crippen molar-refractivity contribution in [1.29, 1.82) is 0 Å². The van der Waals surface area contributed by atoms with E-state index >= 15 is 0 Å². The lowest BCUT2D eigenvalue weighted by atomic mass is 10.5. The third-order valence-electron chi connectivity index (χ3n) is 0.292. The Balaban J connectivity index is 2.79. The number of rotatable bonds is 1. The van der Waals surface area contributed by atoms with Gasteiger partial charge in [-0.1, -0.05) is 5.92 Å². The van der Waals surface area contributed by atoms with Gasteiger partial charge in [-0.2, -0.15) is 0 Å². The van der Waals surface area contributed by atoms with Crippen molar-refractivity contribution < 1.29 is 5.11 Å². The fourth-order valence-electron chi connectivity index (χ4n) is 0.0983. The molecule has 0 aliphatic heterocycles. The summed E-state index contributed by atoms with van der Waals surface area (Å²) in [5.74, 6) is 2.71. The minimum atomic E-state index is 0.454. The van der Waals surface area contributed by atoms with Crippen LogP contribution in [-0.4, -0.2) is 5.88 Å². The fraction of sp³-hybridized carbons (Fsp3) is 0.500. The maximum atomic E-state index is 9.27. The summed E-state index contributed by atoms with van der Waals surface area (Å²) in [4.78, 5) is 0. The lowest BCUT2D eigenvalue weighted by Crippen LogP contribution is -1.63. The average molecular weight is 104 g/mol. The zero-order valence-corrected chi connectivity index (χ0v) is 3.96. The highest BCUT2D eigenvalue weighted by Crippen LogP contribution is 1.77. The van der Waals surface area contributed by atoms with Gasteiger partial charge in [-0.25, -0.2) is 5.11 Å². The van der Waals surface area contributed by atoms with E-state index in [4.69, 9.17) is 11.6 Å². The molecule has 0 atom stereocenters. The molecule has 0 saturated heterocycles. The van der Waals surface area contributed by atoms with Crippen LogP contribution >= 0.6 is 11.6 Å². The van der Waals surface area contributed by atoms with Gasteiger partial charge < -0.3 is 0 Å². The Morgan fingerprint density at radius 3 is 2.50 bits per heavy atom. The molecule has 0 amide bonds. The first-order valence-electron chi connectivity index (χ1n) is 1.57. The Morgan fingerprint density at radius 2 is 2.33 bits per heavy atom. The molecule has 33 valence electrons. The third-order valence-corrected chi connectivity index (χ3v) is 0.481. The van der Waals surface area contributed by atoms with Crippen molar-refractivity contribution in [2.75, 3.05) is 5.88 Å². The van der Waals surface area contributed by atoms with Crippen LogP contribution in [0.15, 0.2) is 0 Å². The minimum Gasteiger partial charge on any atom is -0.224 e. The molecule has 0 aliphatic rings. The largest absolute Gasteiger partial charge is 0.224 e. The fourth-order valence-corrected chi connectivity index (χ4v) is 0.193. The van der Waals surface area contributed by atoms with E-state index in [9.17, 15) is 5.11 Å². The molecule has 0 aromatic heterocycles. The van der Waals surface area contributed by atoms with E-state index in [1.165, 1.54) is 6.11 Å². The topological polar surface area (TPSA) is 19.9 Å². The van der Waals surface area contributed by atoms with Gasteiger partial charge in [-0.3, -0.25) is 0 Å². The molecule has 1 radical (unpaired) electrons. The van der Waals surface area contributed by atoms with Crippen LogP contribution in [0.2, 0.25) is 0 Å². The summed E-state index contributed by atoms with van der Waals surface area (Å²) in [6.07, 6.45) is 1.99. The van der Waals surface area contributed by atoms with E-state index in [1.54, 1.807) is 0 Å². The first-order valence-corrected chi connectivity index (χ1v) is 2.11. The van der Waals surface area contributed by atoms with E-state index in [1.807, 2.05) is 0 Å². The first kappa shape index (κ1) is 5.65. The Kier molecular flexibility index (Phi) is 4.38. The highest BCUT2D eigenvalue weighted by molar-refractivity contribution is 6.17. The highest BCUT2D eigenvalue weighted by atomic mass is 35.5. The first-order chi connectivity index (χ1) is 2.91. The van der Waals surface area contributed by atoms with Gasteiger partial charge in [0.05, 0.1) is 0 Å².